The molecule has 0 aromatic heterocycles. The summed E-state index contributed by atoms with van der Waals surface area (Å²) in [5.41, 5.74) is 0.936. The SMILES string of the molecule is Cc1ccc(ON)c(C(=O)O)c1. The van der Waals surface area contributed by atoms with Crippen LogP contribution in [0.4, 0.5) is 0 Å². The van der Waals surface area contributed by atoms with E-state index in [1.165, 1.54) is 12.1 Å². The van der Waals surface area contributed by atoms with E-state index < -0.39 is 5.97 Å². The van der Waals surface area contributed by atoms with Crippen LogP contribution >= 0.6 is 0 Å². The van der Waals surface area contributed by atoms with Crippen molar-refractivity contribution in [1.82, 2.24) is 0 Å². The second kappa shape index (κ2) is 3.23. The molecule has 0 radical (unpaired) electrons. The maximum Gasteiger partial charge on any atom is 0.339 e. The lowest BCUT2D eigenvalue weighted by molar-refractivity contribution is 0.0692. The third-order valence-electron chi connectivity index (χ3n) is 1.49. The number of rotatable bonds is 2. The molecule has 0 atom stereocenters. The predicted octanol–water partition coefficient (Wildman–Crippen LogP) is 0.946. The van der Waals surface area contributed by atoms with Crippen LogP contribution in [0, 0.1) is 6.92 Å². The fourth-order valence-corrected chi connectivity index (χ4v) is 0.914. The highest BCUT2D eigenvalue weighted by molar-refractivity contribution is 5.91. The fraction of sp³-hybridized carbons (Fsp3) is 0.125. The zero-order chi connectivity index (χ0) is 9.14. The molecule has 1 aromatic rings. The topological polar surface area (TPSA) is 72.5 Å². The summed E-state index contributed by atoms with van der Waals surface area (Å²) in [6.07, 6.45) is 0. The Morgan fingerprint density at radius 1 is 1.58 bits per heavy atom. The minimum absolute atomic E-state index is 0.0810. The van der Waals surface area contributed by atoms with E-state index in [9.17, 15) is 4.79 Å². The number of benzene rings is 1. The van der Waals surface area contributed by atoms with Crippen molar-refractivity contribution in [3.8, 4) is 5.75 Å². The fourth-order valence-electron chi connectivity index (χ4n) is 0.914. The first-order valence-corrected chi connectivity index (χ1v) is 3.36. The summed E-state index contributed by atoms with van der Waals surface area (Å²) in [5.74, 6) is 4.01. The first-order chi connectivity index (χ1) is 5.65. The molecule has 4 heteroatoms. The van der Waals surface area contributed by atoms with Crippen molar-refractivity contribution in [2.24, 2.45) is 5.90 Å². The third kappa shape index (κ3) is 1.54. The number of carbonyl (C=O) groups is 1. The molecule has 0 saturated heterocycles. The quantitative estimate of drug-likeness (QED) is 0.643. The van der Waals surface area contributed by atoms with Gasteiger partial charge in [0, 0.05) is 0 Å². The first-order valence-electron chi connectivity index (χ1n) is 3.36. The summed E-state index contributed by atoms with van der Waals surface area (Å²) in [7, 11) is 0. The molecule has 0 aliphatic rings. The standard InChI is InChI=1S/C8H9NO3/c1-5-2-3-7(12-9)6(4-5)8(10)11/h2-4H,9H2,1H3,(H,10,11). The average molecular weight is 167 g/mol. The number of carboxylic acids is 1. The Morgan fingerprint density at radius 3 is 2.75 bits per heavy atom. The Labute approximate surface area is 69.5 Å². The van der Waals surface area contributed by atoms with Crippen molar-refractivity contribution in [2.45, 2.75) is 6.92 Å². The van der Waals surface area contributed by atoms with E-state index in [4.69, 9.17) is 11.0 Å². The molecule has 0 fully saturated rings. The third-order valence-corrected chi connectivity index (χ3v) is 1.49. The monoisotopic (exact) mass is 167 g/mol. The van der Waals surface area contributed by atoms with Crippen LogP contribution in [0.3, 0.4) is 0 Å². The molecule has 1 rings (SSSR count). The Kier molecular flexibility index (Phi) is 2.30. The Morgan fingerprint density at radius 2 is 2.25 bits per heavy atom. The van der Waals surface area contributed by atoms with Crippen LogP contribution in [0.2, 0.25) is 0 Å². The highest BCUT2D eigenvalue weighted by Crippen LogP contribution is 2.18. The lowest BCUT2D eigenvalue weighted by Gasteiger charge is -2.03. The predicted molar refractivity (Wildman–Crippen MR) is 43.0 cm³/mol. The van der Waals surface area contributed by atoms with E-state index in [1.54, 1.807) is 13.0 Å². The van der Waals surface area contributed by atoms with Gasteiger partial charge in [-0.25, -0.2) is 4.79 Å². The number of hydrogen-bond acceptors (Lipinski definition) is 3. The van der Waals surface area contributed by atoms with Crippen LogP contribution in [0.15, 0.2) is 18.2 Å². The van der Waals surface area contributed by atoms with Crippen LogP contribution in [-0.2, 0) is 0 Å². The van der Waals surface area contributed by atoms with Gasteiger partial charge in [0.2, 0.25) is 0 Å². The van der Waals surface area contributed by atoms with Gasteiger partial charge < -0.3 is 9.94 Å². The van der Waals surface area contributed by atoms with Gasteiger partial charge in [-0.3, -0.25) is 0 Å². The van der Waals surface area contributed by atoms with E-state index in [-0.39, 0.29) is 11.3 Å². The molecule has 0 amide bonds. The Bertz CT molecular complexity index is 309. The molecule has 0 heterocycles. The second-order valence-electron chi connectivity index (χ2n) is 2.42. The minimum Gasteiger partial charge on any atom is -0.478 e. The van der Waals surface area contributed by atoms with Crippen molar-refractivity contribution in [3.63, 3.8) is 0 Å². The summed E-state index contributed by atoms with van der Waals surface area (Å²) in [5, 5.41) is 8.69. The van der Waals surface area contributed by atoms with E-state index in [1.807, 2.05) is 0 Å². The normalized spacial score (nSPS) is 9.50. The number of nitrogens with two attached hydrogens (primary N) is 1. The number of aromatic carboxylic acids is 1. The highest BCUT2D eigenvalue weighted by Gasteiger charge is 2.10. The minimum atomic E-state index is -1.04. The molecule has 1 aromatic carbocycles. The summed E-state index contributed by atoms with van der Waals surface area (Å²) < 4.78 is 0. The van der Waals surface area contributed by atoms with Crippen LogP contribution in [0.5, 0.6) is 5.75 Å². The van der Waals surface area contributed by atoms with Gasteiger partial charge in [0.05, 0.1) is 0 Å². The molecule has 64 valence electrons. The molecule has 0 saturated carbocycles. The van der Waals surface area contributed by atoms with E-state index in [2.05, 4.69) is 4.84 Å². The smallest absolute Gasteiger partial charge is 0.339 e. The summed E-state index contributed by atoms with van der Waals surface area (Å²) in [4.78, 5) is 15.0. The van der Waals surface area contributed by atoms with Crippen molar-refractivity contribution in [3.05, 3.63) is 29.3 Å². The number of hydrogen-bond donors (Lipinski definition) is 2. The van der Waals surface area contributed by atoms with Crippen LogP contribution in [-0.4, -0.2) is 11.1 Å². The molecule has 0 unspecified atom stereocenters. The summed E-state index contributed by atoms with van der Waals surface area (Å²) in [6, 6.07) is 4.76. The van der Waals surface area contributed by atoms with Gasteiger partial charge in [0.1, 0.15) is 5.56 Å². The first kappa shape index (κ1) is 8.55. The van der Waals surface area contributed by atoms with Gasteiger partial charge in [-0.05, 0) is 24.6 Å². The van der Waals surface area contributed by atoms with Gasteiger partial charge in [-0.15, -0.1) is 0 Å². The van der Waals surface area contributed by atoms with Crippen molar-refractivity contribution < 1.29 is 14.7 Å². The molecule has 0 bridgehead atoms. The van der Waals surface area contributed by atoms with E-state index in [0.29, 0.717) is 0 Å². The maximum absolute atomic E-state index is 10.6. The number of aryl methyl sites for hydroxylation is 1. The highest BCUT2D eigenvalue weighted by atomic mass is 16.6. The van der Waals surface area contributed by atoms with Gasteiger partial charge in [0.25, 0.3) is 0 Å². The van der Waals surface area contributed by atoms with Crippen molar-refractivity contribution >= 4 is 5.97 Å². The van der Waals surface area contributed by atoms with Crippen molar-refractivity contribution in [2.75, 3.05) is 0 Å². The van der Waals surface area contributed by atoms with Gasteiger partial charge in [0.15, 0.2) is 5.75 Å². The lowest BCUT2D eigenvalue weighted by atomic mass is 10.1. The Balaban J connectivity index is 3.21. The van der Waals surface area contributed by atoms with Crippen LogP contribution in [0.1, 0.15) is 15.9 Å². The molecular formula is C8H9NO3. The molecule has 3 N–H and O–H groups in total. The Hall–Kier alpha value is -1.55. The van der Waals surface area contributed by atoms with Gasteiger partial charge in [-0.1, -0.05) is 6.07 Å². The molecule has 4 nitrogen and oxygen atoms in total. The molecular weight excluding hydrogens is 158 g/mol. The zero-order valence-electron chi connectivity index (χ0n) is 6.57. The summed E-state index contributed by atoms with van der Waals surface area (Å²) >= 11 is 0. The van der Waals surface area contributed by atoms with E-state index >= 15 is 0 Å². The zero-order valence-corrected chi connectivity index (χ0v) is 6.57. The molecule has 0 aliphatic heterocycles. The second-order valence-corrected chi connectivity index (χ2v) is 2.42. The largest absolute Gasteiger partial charge is 0.478 e. The van der Waals surface area contributed by atoms with Crippen molar-refractivity contribution in [1.29, 1.82) is 0 Å². The lowest BCUT2D eigenvalue weighted by Crippen LogP contribution is -2.08. The molecule has 12 heavy (non-hydrogen) atoms. The summed E-state index contributed by atoms with van der Waals surface area (Å²) in [6.45, 7) is 1.80. The number of carboxylic acid groups (broad SMARTS) is 1. The molecule has 0 spiro atoms. The van der Waals surface area contributed by atoms with Gasteiger partial charge >= 0.3 is 5.97 Å². The maximum atomic E-state index is 10.6. The van der Waals surface area contributed by atoms with E-state index in [0.717, 1.165) is 5.56 Å². The van der Waals surface area contributed by atoms with Crippen LogP contribution < -0.4 is 10.7 Å². The van der Waals surface area contributed by atoms with Crippen LogP contribution in [0.25, 0.3) is 0 Å². The molecule has 0 aliphatic carbocycles. The average Bonchev–Trinajstić information content (AvgIpc) is 2.04. The van der Waals surface area contributed by atoms with Gasteiger partial charge in [-0.2, -0.15) is 5.90 Å².